The van der Waals surface area contributed by atoms with E-state index in [1.807, 2.05) is 18.2 Å². The lowest BCUT2D eigenvalue weighted by atomic mass is 9.49. The fraction of sp³-hybridized carbons (Fsp3) is 0.500. The maximum absolute atomic E-state index is 13.4. The Labute approximate surface area is 338 Å². The third kappa shape index (κ3) is 8.55. The van der Waals surface area contributed by atoms with Crippen molar-refractivity contribution < 1.29 is 23.9 Å². The van der Waals surface area contributed by atoms with Gasteiger partial charge in [-0.2, -0.15) is 5.26 Å². The van der Waals surface area contributed by atoms with E-state index in [2.05, 4.69) is 74.6 Å². The summed E-state index contributed by atoms with van der Waals surface area (Å²) in [4.78, 5) is 56.6. The number of piperidine rings is 2. The summed E-state index contributed by atoms with van der Waals surface area (Å²) in [5.74, 6) is 0.572. The lowest BCUT2D eigenvalue weighted by Crippen LogP contribution is -2.74. The Morgan fingerprint density at radius 2 is 1.58 bits per heavy atom. The molecule has 57 heavy (non-hydrogen) atoms. The van der Waals surface area contributed by atoms with E-state index in [0.29, 0.717) is 34.2 Å². The zero-order chi connectivity index (χ0) is 40.5. The van der Waals surface area contributed by atoms with Crippen LogP contribution in [0.15, 0.2) is 54.6 Å². The molecule has 2 aromatic carbocycles. The van der Waals surface area contributed by atoms with E-state index in [9.17, 15) is 24.4 Å². The molecule has 3 saturated heterocycles. The minimum atomic E-state index is -0.698. The van der Waals surface area contributed by atoms with Gasteiger partial charge in [0.25, 0.3) is 11.8 Å². The highest BCUT2D eigenvalue weighted by Gasteiger charge is 2.64. The Morgan fingerprint density at radius 1 is 0.877 bits per heavy atom. The monoisotopic (exact) mass is 795 g/mol. The highest BCUT2D eigenvalue weighted by atomic mass is 35.5. The van der Waals surface area contributed by atoms with Crippen molar-refractivity contribution in [1.29, 1.82) is 5.26 Å². The molecule has 3 N–H and O–H groups in total. The molecule has 4 heterocycles. The minimum absolute atomic E-state index is 0.180. The molecule has 1 unspecified atom stereocenters. The number of amides is 4. The van der Waals surface area contributed by atoms with Crippen LogP contribution in [0.25, 0.3) is 0 Å². The van der Waals surface area contributed by atoms with Crippen molar-refractivity contribution in [3.05, 3.63) is 76.4 Å². The molecule has 4 fully saturated rings. The molecule has 3 aromatic rings. The third-order valence-corrected chi connectivity index (χ3v) is 12.5. The zero-order valence-electron chi connectivity index (χ0n) is 32.9. The number of aromatic nitrogens is 2. The molecule has 1 saturated carbocycles. The highest BCUT2D eigenvalue weighted by molar-refractivity contribution is 6.31. The second-order valence-electron chi connectivity index (χ2n) is 16.8. The lowest BCUT2D eigenvalue weighted by molar-refractivity contribution is -0.164. The summed E-state index contributed by atoms with van der Waals surface area (Å²) < 4.78 is 6.36. The topological polar surface area (TPSA) is 173 Å². The van der Waals surface area contributed by atoms with Gasteiger partial charge in [-0.05, 0) is 73.7 Å². The Balaban J connectivity index is 0.832. The molecule has 4 aliphatic rings. The molecule has 0 bridgehead atoms. The van der Waals surface area contributed by atoms with Crippen LogP contribution in [0.1, 0.15) is 79.8 Å². The second-order valence-corrected chi connectivity index (χ2v) is 17.2. The Bertz CT molecular complexity index is 2020. The van der Waals surface area contributed by atoms with Gasteiger partial charge >= 0.3 is 0 Å². The SMILES string of the molecule is CC1(C)[C@H](NC(=O)c2ccc(N3CCC(CN4CCN(c5ccc(C(=O)NC6CCC(=O)NC6=O)cc5)CC4)CC3)nn2)C(C)(C)[C@H]1Oc1ccc(C#N)c(Cl)c1. The summed E-state index contributed by atoms with van der Waals surface area (Å²) in [6, 6.07) is 17.3. The summed E-state index contributed by atoms with van der Waals surface area (Å²) in [6.45, 7) is 14.8. The van der Waals surface area contributed by atoms with Gasteiger partial charge in [-0.15, -0.1) is 10.2 Å². The fourth-order valence-electron chi connectivity index (χ4n) is 9.21. The van der Waals surface area contributed by atoms with E-state index < -0.39 is 11.9 Å². The number of anilines is 2. The fourth-order valence-corrected chi connectivity index (χ4v) is 9.42. The summed E-state index contributed by atoms with van der Waals surface area (Å²) >= 11 is 6.24. The van der Waals surface area contributed by atoms with E-state index in [1.165, 1.54) is 0 Å². The highest BCUT2D eigenvalue weighted by Crippen LogP contribution is 2.55. The van der Waals surface area contributed by atoms with Crippen molar-refractivity contribution in [2.45, 2.75) is 71.6 Å². The minimum Gasteiger partial charge on any atom is -0.489 e. The van der Waals surface area contributed by atoms with Crippen LogP contribution in [-0.4, -0.2) is 103 Å². The predicted octanol–water partition coefficient (Wildman–Crippen LogP) is 4.19. The number of nitrogens with zero attached hydrogens (tertiary/aromatic N) is 6. The molecular formula is C42H50ClN9O5. The maximum Gasteiger partial charge on any atom is 0.272 e. The van der Waals surface area contributed by atoms with Crippen molar-refractivity contribution in [1.82, 2.24) is 31.0 Å². The number of carbonyl (C=O) groups is 4. The van der Waals surface area contributed by atoms with Crippen LogP contribution in [0.3, 0.4) is 0 Å². The van der Waals surface area contributed by atoms with E-state index in [4.69, 9.17) is 16.3 Å². The molecule has 1 atom stereocenters. The predicted molar refractivity (Wildman–Crippen MR) is 215 cm³/mol. The van der Waals surface area contributed by atoms with Gasteiger partial charge in [-0.25, -0.2) is 0 Å². The summed E-state index contributed by atoms with van der Waals surface area (Å²) in [6.07, 6.45) is 2.42. The van der Waals surface area contributed by atoms with Gasteiger partial charge < -0.3 is 25.2 Å². The molecule has 14 nitrogen and oxygen atoms in total. The number of nitrogens with one attached hydrogen (secondary N) is 3. The second kappa shape index (κ2) is 16.3. The average molecular weight is 796 g/mol. The molecular weight excluding hydrogens is 746 g/mol. The van der Waals surface area contributed by atoms with Gasteiger partial charge in [0.05, 0.1) is 10.6 Å². The first-order chi connectivity index (χ1) is 27.2. The average Bonchev–Trinajstić information content (AvgIpc) is 3.20. The van der Waals surface area contributed by atoms with E-state index >= 15 is 0 Å². The normalized spacial score (nSPS) is 23.5. The molecule has 0 radical (unpaired) electrons. The molecule has 300 valence electrons. The van der Waals surface area contributed by atoms with Crippen LogP contribution >= 0.6 is 11.6 Å². The Hall–Kier alpha value is -5.26. The van der Waals surface area contributed by atoms with E-state index in [-0.39, 0.29) is 52.8 Å². The molecule has 15 heteroatoms. The molecule has 4 amide bonds. The number of piperazine rings is 1. The van der Waals surface area contributed by atoms with Crippen LogP contribution in [-0.2, 0) is 9.59 Å². The van der Waals surface area contributed by atoms with Crippen molar-refractivity contribution >= 4 is 46.7 Å². The molecule has 7 rings (SSSR count). The number of hydrogen-bond donors (Lipinski definition) is 3. The summed E-state index contributed by atoms with van der Waals surface area (Å²) in [7, 11) is 0. The van der Waals surface area contributed by atoms with Crippen molar-refractivity contribution in [2.24, 2.45) is 16.7 Å². The van der Waals surface area contributed by atoms with Gasteiger partial charge in [-0.1, -0.05) is 39.3 Å². The number of benzene rings is 2. The number of rotatable bonds is 10. The largest absolute Gasteiger partial charge is 0.489 e. The molecule has 1 aliphatic carbocycles. The van der Waals surface area contributed by atoms with Gasteiger partial charge in [0.2, 0.25) is 11.8 Å². The molecule has 1 aromatic heterocycles. The summed E-state index contributed by atoms with van der Waals surface area (Å²) in [5, 5.41) is 26.5. The number of ether oxygens (including phenoxy) is 1. The van der Waals surface area contributed by atoms with Crippen LogP contribution in [0.4, 0.5) is 11.5 Å². The zero-order valence-corrected chi connectivity index (χ0v) is 33.6. The number of imide groups is 1. The first kappa shape index (κ1) is 40.0. The first-order valence-corrected chi connectivity index (χ1v) is 20.1. The van der Waals surface area contributed by atoms with Crippen LogP contribution in [0.5, 0.6) is 5.75 Å². The van der Waals surface area contributed by atoms with Crippen molar-refractivity contribution in [3.8, 4) is 11.8 Å². The van der Waals surface area contributed by atoms with Gasteiger partial charge in [0, 0.05) is 86.4 Å². The van der Waals surface area contributed by atoms with Gasteiger partial charge in [0.15, 0.2) is 11.5 Å². The maximum atomic E-state index is 13.4. The number of halogens is 1. The van der Waals surface area contributed by atoms with E-state index in [0.717, 1.165) is 70.2 Å². The number of carbonyl (C=O) groups excluding carboxylic acids is 4. The van der Waals surface area contributed by atoms with Crippen LogP contribution < -0.4 is 30.5 Å². The quantitative estimate of drug-likeness (QED) is 0.251. The number of nitriles is 1. The molecule has 0 spiro atoms. The molecule has 3 aliphatic heterocycles. The standard InChI is InChI=1S/C42H50ClN9O5/c1-41(2)39(42(3,4)40(41)57-30-10-7-28(24-44)31(43)23-30)47-38(56)33-11-13-34(49-48-33)52-17-15-26(16-18-52)25-50-19-21-51(22-20-50)29-8-5-27(6-9-29)36(54)45-32-12-14-35(53)46-37(32)55/h5-11,13,23,26,32,39-40H,12,14-22,25H2,1-4H3,(H,45,54)(H,47,56)(H,46,53,55)/t32?,39-,40-. The van der Waals surface area contributed by atoms with Crippen molar-refractivity contribution in [3.63, 3.8) is 0 Å². The smallest absolute Gasteiger partial charge is 0.272 e. The van der Waals surface area contributed by atoms with Crippen LogP contribution in [0, 0.1) is 28.1 Å². The van der Waals surface area contributed by atoms with Crippen LogP contribution in [0.2, 0.25) is 5.02 Å². The number of hydrogen-bond acceptors (Lipinski definition) is 11. The van der Waals surface area contributed by atoms with Gasteiger partial charge in [-0.3, -0.25) is 29.4 Å². The third-order valence-electron chi connectivity index (χ3n) is 12.2. The van der Waals surface area contributed by atoms with Gasteiger partial charge in [0.1, 0.15) is 24.0 Å². The Morgan fingerprint density at radius 3 is 2.19 bits per heavy atom. The lowest BCUT2D eigenvalue weighted by Gasteiger charge is -2.63. The van der Waals surface area contributed by atoms with E-state index in [1.54, 1.807) is 36.4 Å². The first-order valence-electron chi connectivity index (χ1n) is 19.7. The Kier molecular flexibility index (Phi) is 11.4. The summed E-state index contributed by atoms with van der Waals surface area (Å²) in [5.41, 5.74) is 1.43. The van der Waals surface area contributed by atoms with Crippen molar-refractivity contribution in [2.75, 3.05) is 55.6 Å².